The van der Waals surface area contributed by atoms with Crippen LogP contribution in [0.1, 0.15) is 49.5 Å². The second-order valence-corrected chi connectivity index (χ2v) is 6.53. The predicted molar refractivity (Wildman–Crippen MR) is 85.0 cm³/mol. The number of benzene rings is 1. The van der Waals surface area contributed by atoms with Gasteiger partial charge in [0.15, 0.2) is 0 Å². The summed E-state index contributed by atoms with van der Waals surface area (Å²) in [5, 5.41) is 3.61. The Balaban J connectivity index is 2.08. The van der Waals surface area contributed by atoms with E-state index in [0.29, 0.717) is 11.8 Å². The third-order valence-electron chi connectivity index (χ3n) is 4.36. The first kappa shape index (κ1) is 15.5. The highest BCUT2D eigenvalue weighted by Crippen LogP contribution is 2.35. The van der Waals surface area contributed by atoms with Crippen molar-refractivity contribution in [3.63, 3.8) is 0 Å². The van der Waals surface area contributed by atoms with Crippen LogP contribution in [0.3, 0.4) is 0 Å². The maximum atomic E-state index is 6.13. The van der Waals surface area contributed by atoms with Crippen molar-refractivity contribution in [2.24, 2.45) is 11.8 Å². The number of ether oxygens (including phenoxy) is 1. The van der Waals surface area contributed by atoms with Gasteiger partial charge in [-0.1, -0.05) is 32.0 Å². The van der Waals surface area contributed by atoms with Gasteiger partial charge >= 0.3 is 0 Å². The number of nitrogens with one attached hydrogen (secondary N) is 1. The van der Waals surface area contributed by atoms with Crippen molar-refractivity contribution < 1.29 is 4.74 Å². The summed E-state index contributed by atoms with van der Waals surface area (Å²) in [6.45, 7) is 12.0. The minimum Gasteiger partial charge on any atom is -0.373 e. The molecule has 1 aromatic rings. The number of hydrogen-bond donors (Lipinski definition) is 1. The van der Waals surface area contributed by atoms with Gasteiger partial charge in [0.1, 0.15) is 0 Å². The second kappa shape index (κ2) is 7.24. The normalized spacial score (nSPS) is 23.2. The quantitative estimate of drug-likeness (QED) is 0.876. The molecular weight excluding hydrogens is 246 g/mol. The van der Waals surface area contributed by atoms with Crippen LogP contribution in [-0.4, -0.2) is 19.7 Å². The van der Waals surface area contributed by atoms with Crippen LogP contribution in [0, 0.1) is 25.7 Å². The van der Waals surface area contributed by atoms with E-state index >= 15 is 0 Å². The van der Waals surface area contributed by atoms with Gasteiger partial charge in [-0.2, -0.15) is 0 Å². The van der Waals surface area contributed by atoms with Gasteiger partial charge in [0.25, 0.3) is 0 Å². The van der Waals surface area contributed by atoms with Gasteiger partial charge in [0.2, 0.25) is 0 Å². The Morgan fingerprint density at radius 2 is 2.10 bits per heavy atom. The molecule has 0 aliphatic carbocycles. The Hall–Kier alpha value is -0.860. The van der Waals surface area contributed by atoms with Crippen LogP contribution in [0.5, 0.6) is 0 Å². The first-order valence-corrected chi connectivity index (χ1v) is 7.98. The number of aryl methyl sites for hydroxylation is 1. The Labute approximate surface area is 123 Å². The third kappa shape index (κ3) is 3.83. The van der Waals surface area contributed by atoms with Crippen LogP contribution >= 0.6 is 0 Å². The number of hydrogen-bond acceptors (Lipinski definition) is 2. The summed E-state index contributed by atoms with van der Waals surface area (Å²) in [7, 11) is 0. The van der Waals surface area contributed by atoms with Crippen molar-refractivity contribution in [3.05, 3.63) is 34.9 Å². The minimum atomic E-state index is 0.267. The summed E-state index contributed by atoms with van der Waals surface area (Å²) in [4.78, 5) is 0. The highest BCUT2D eigenvalue weighted by molar-refractivity contribution is 5.35. The van der Waals surface area contributed by atoms with Crippen LogP contribution in [0.25, 0.3) is 0 Å². The molecule has 0 radical (unpaired) electrons. The fourth-order valence-electron chi connectivity index (χ4n) is 3.04. The molecule has 1 N–H and O–H groups in total. The molecule has 1 aliphatic rings. The molecule has 2 heteroatoms. The summed E-state index contributed by atoms with van der Waals surface area (Å²) < 4.78 is 6.13. The summed E-state index contributed by atoms with van der Waals surface area (Å²) in [6.07, 6.45) is 2.72. The maximum Gasteiger partial charge on any atom is 0.0867 e. The molecule has 2 atom stereocenters. The van der Waals surface area contributed by atoms with Crippen LogP contribution in [-0.2, 0) is 4.74 Å². The molecule has 1 aromatic carbocycles. The first-order valence-electron chi connectivity index (χ1n) is 7.98. The molecule has 0 aromatic heterocycles. The molecular formula is C18H29NO. The molecule has 112 valence electrons. The van der Waals surface area contributed by atoms with Gasteiger partial charge in [-0.05, 0) is 55.8 Å². The maximum absolute atomic E-state index is 6.13. The zero-order chi connectivity index (χ0) is 14.5. The molecule has 1 heterocycles. The van der Waals surface area contributed by atoms with E-state index in [0.717, 1.165) is 19.7 Å². The fraction of sp³-hybridized carbons (Fsp3) is 0.667. The molecule has 1 saturated heterocycles. The van der Waals surface area contributed by atoms with Gasteiger partial charge in [0.05, 0.1) is 6.10 Å². The van der Waals surface area contributed by atoms with E-state index in [4.69, 9.17) is 4.74 Å². The first-order chi connectivity index (χ1) is 9.59. The molecule has 0 amide bonds. The van der Waals surface area contributed by atoms with Crippen molar-refractivity contribution in [2.75, 3.05) is 19.7 Å². The minimum absolute atomic E-state index is 0.267. The summed E-state index contributed by atoms with van der Waals surface area (Å²) in [5.41, 5.74) is 4.15. The molecule has 20 heavy (non-hydrogen) atoms. The average molecular weight is 275 g/mol. The van der Waals surface area contributed by atoms with Crippen LogP contribution < -0.4 is 5.32 Å². The van der Waals surface area contributed by atoms with Crippen LogP contribution in [0.4, 0.5) is 0 Å². The van der Waals surface area contributed by atoms with E-state index in [9.17, 15) is 0 Å². The van der Waals surface area contributed by atoms with E-state index in [1.165, 1.54) is 29.5 Å². The molecule has 1 fully saturated rings. The van der Waals surface area contributed by atoms with Crippen molar-refractivity contribution in [1.82, 2.24) is 5.32 Å². The standard InChI is InChI=1S/C18H29NO/c1-13(2)11-19-12-16-8-6-10-20-18(16)17-9-5-7-14(3)15(17)4/h5,7,9,13,16,18-19H,6,8,10-12H2,1-4H3. The Morgan fingerprint density at radius 1 is 1.30 bits per heavy atom. The Bertz CT molecular complexity index is 427. The molecule has 2 rings (SSSR count). The molecule has 0 spiro atoms. The van der Waals surface area contributed by atoms with Crippen molar-refractivity contribution >= 4 is 0 Å². The van der Waals surface area contributed by atoms with Crippen LogP contribution in [0.15, 0.2) is 18.2 Å². The zero-order valence-corrected chi connectivity index (χ0v) is 13.4. The molecule has 2 unspecified atom stereocenters. The second-order valence-electron chi connectivity index (χ2n) is 6.53. The van der Waals surface area contributed by atoms with Crippen molar-refractivity contribution in [2.45, 2.75) is 46.6 Å². The summed E-state index contributed by atoms with van der Waals surface area (Å²) in [6, 6.07) is 6.59. The highest BCUT2D eigenvalue weighted by atomic mass is 16.5. The van der Waals surface area contributed by atoms with Crippen molar-refractivity contribution in [1.29, 1.82) is 0 Å². The topological polar surface area (TPSA) is 21.3 Å². The highest BCUT2D eigenvalue weighted by Gasteiger charge is 2.28. The van der Waals surface area contributed by atoms with E-state index in [2.05, 4.69) is 51.2 Å². The summed E-state index contributed by atoms with van der Waals surface area (Å²) >= 11 is 0. The Kier molecular flexibility index (Phi) is 5.62. The van der Waals surface area contributed by atoms with Crippen molar-refractivity contribution in [3.8, 4) is 0 Å². The molecule has 2 nitrogen and oxygen atoms in total. The average Bonchev–Trinajstić information content (AvgIpc) is 2.42. The van der Waals surface area contributed by atoms with Gasteiger partial charge < -0.3 is 10.1 Å². The molecule has 1 aliphatic heterocycles. The largest absolute Gasteiger partial charge is 0.373 e. The fourth-order valence-corrected chi connectivity index (χ4v) is 3.04. The SMILES string of the molecule is Cc1cccc(C2OCCCC2CNCC(C)C)c1C. The van der Waals surface area contributed by atoms with E-state index in [1.54, 1.807) is 0 Å². The lowest BCUT2D eigenvalue weighted by Gasteiger charge is -2.33. The molecule has 0 saturated carbocycles. The lowest BCUT2D eigenvalue weighted by Crippen LogP contribution is -2.33. The van der Waals surface area contributed by atoms with Gasteiger partial charge in [-0.15, -0.1) is 0 Å². The van der Waals surface area contributed by atoms with Crippen LogP contribution in [0.2, 0.25) is 0 Å². The zero-order valence-electron chi connectivity index (χ0n) is 13.4. The smallest absolute Gasteiger partial charge is 0.0867 e. The van der Waals surface area contributed by atoms with Gasteiger partial charge in [-0.25, -0.2) is 0 Å². The Morgan fingerprint density at radius 3 is 2.85 bits per heavy atom. The van der Waals surface area contributed by atoms with E-state index in [1.807, 2.05) is 0 Å². The van der Waals surface area contributed by atoms with E-state index < -0.39 is 0 Å². The molecule has 0 bridgehead atoms. The monoisotopic (exact) mass is 275 g/mol. The lowest BCUT2D eigenvalue weighted by molar-refractivity contribution is -0.0282. The number of rotatable bonds is 5. The van der Waals surface area contributed by atoms with Gasteiger partial charge in [0, 0.05) is 19.1 Å². The third-order valence-corrected chi connectivity index (χ3v) is 4.36. The van der Waals surface area contributed by atoms with E-state index in [-0.39, 0.29) is 6.10 Å². The van der Waals surface area contributed by atoms with Gasteiger partial charge in [-0.3, -0.25) is 0 Å². The lowest BCUT2D eigenvalue weighted by atomic mass is 9.86. The summed E-state index contributed by atoms with van der Waals surface area (Å²) in [5.74, 6) is 1.31. The predicted octanol–water partition coefficient (Wildman–Crippen LogP) is 4.02.